The fourth-order valence-electron chi connectivity index (χ4n) is 5.44. The topological polar surface area (TPSA) is 70.0 Å². The van der Waals surface area contributed by atoms with Gasteiger partial charge in [0.1, 0.15) is 23.5 Å². The van der Waals surface area contributed by atoms with Crippen molar-refractivity contribution >= 4 is 17.6 Å². The van der Waals surface area contributed by atoms with Gasteiger partial charge in [-0.1, -0.05) is 52.0 Å². The first-order valence-corrected chi connectivity index (χ1v) is 13.0. The van der Waals surface area contributed by atoms with E-state index in [4.69, 9.17) is 4.99 Å². The molecule has 0 spiro atoms. The Morgan fingerprint density at radius 1 is 1.19 bits per heavy atom. The highest BCUT2D eigenvalue weighted by Gasteiger charge is 2.44. The van der Waals surface area contributed by atoms with Crippen LogP contribution in [0.3, 0.4) is 0 Å². The molecule has 1 aliphatic carbocycles. The summed E-state index contributed by atoms with van der Waals surface area (Å²) in [5, 5.41) is 9.21. The van der Waals surface area contributed by atoms with Crippen molar-refractivity contribution in [2.24, 2.45) is 22.2 Å². The predicted molar refractivity (Wildman–Crippen MR) is 142 cm³/mol. The summed E-state index contributed by atoms with van der Waals surface area (Å²) in [6.45, 7) is 14.0. The Labute approximate surface area is 218 Å². The van der Waals surface area contributed by atoms with Crippen molar-refractivity contribution in [3.8, 4) is 0 Å². The number of hydrogen-bond acceptors (Lipinski definition) is 3. The van der Waals surface area contributed by atoms with Crippen LogP contribution in [0.5, 0.6) is 0 Å². The molecule has 1 saturated carbocycles. The minimum absolute atomic E-state index is 0.0481. The van der Waals surface area contributed by atoms with Crippen molar-refractivity contribution in [1.82, 2.24) is 4.90 Å². The van der Waals surface area contributed by atoms with E-state index in [0.717, 1.165) is 50.3 Å². The summed E-state index contributed by atoms with van der Waals surface area (Å²) >= 11 is 0. The van der Waals surface area contributed by atoms with E-state index in [1.165, 1.54) is 13.0 Å². The summed E-state index contributed by atoms with van der Waals surface area (Å²) in [5.41, 5.74) is 1.21. The number of nitrogens with zero attached hydrogens (tertiary/aromatic N) is 2. The van der Waals surface area contributed by atoms with Crippen LogP contribution in [0.1, 0.15) is 72.3 Å². The first kappa shape index (κ1) is 28.5. The summed E-state index contributed by atoms with van der Waals surface area (Å²) < 4.78 is 28.1. The number of hydrogen-bond donors (Lipinski definition) is 1. The lowest BCUT2D eigenvalue weighted by molar-refractivity contribution is -0.132. The third-order valence-corrected chi connectivity index (χ3v) is 8.33. The zero-order valence-electron chi connectivity index (χ0n) is 22.4. The van der Waals surface area contributed by atoms with Crippen LogP contribution in [0.15, 0.2) is 59.1 Å². The summed E-state index contributed by atoms with van der Waals surface area (Å²) in [7, 11) is 0. The fraction of sp³-hybridized carbons (Fsp3) is 0.500. The standard InChI is InChI=1S/C30H38F2N2O3/c1-7-20(10-9-18(3)29(36)37)19(4)34-27(21-11-13-23(14-12-21)30(5,6)8-2)33-26(28(34)35)22-15-24(31)17-25(32)16-22/h7,9-10,15-17,19,21,23,27H,1,8,11-14H2,2-6H3,(H,36,37)/b18-9+,20-10+/t19-,21?,23?,27?/m1/s1. The molecule has 0 radical (unpaired) electrons. The molecule has 0 saturated heterocycles. The molecule has 1 amide bonds. The summed E-state index contributed by atoms with van der Waals surface area (Å²) in [6.07, 6.45) is 9.19. The number of amides is 1. The number of carbonyl (C=O) groups excluding carboxylic acids is 1. The second-order valence-electron chi connectivity index (χ2n) is 10.9. The van der Waals surface area contributed by atoms with Crippen LogP contribution in [0.4, 0.5) is 8.78 Å². The van der Waals surface area contributed by atoms with Crippen LogP contribution in [0, 0.1) is 28.9 Å². The Morgan fingerprint density at radius 3 is 2.30 bits per heavy atom. The van der Waals surface area contributed by atoms with Gasteiger partial charge in [-0.3, -0.25) is 9.79 Å². The van der Waals surface area contributed by atoms with Gasteiger partial charge in [0.25, 0.3) is 5.91 Å². The van der Waals surface area contributed by atoms with Crippen molar-refractivity contribution in [3.05, 3.63) is 71.4 Å². The van der Waals surface area contributed by atoms with Gasteiger partial charge in [0.05, 0.1) is 6.04 Å². The molecule has 1 aliphatic heterocycles. The molecule has 2 aliphatic rings. The van der Waals surface area contributed by atoms with E-state index >= 15 is 0 Å². The predicted octanol–water partition coefficient (Wildman–Crippen LogP) is 6.70. The first-order valence-electron chi connectivity index (χ1n) is 13.0. The molecule has 0 aromatic heterocycles. The number of carboxylic acid groups (broad SMARTS) is 1. The molecule has 200 valence electrons. The number of aliphatic imine (C=N–C) groups is 1. The molecule has 2 atom stereocenters. The SMILES string of the molecule is C=C/C(=C\C=C(/C)C(=O)O)[C@@H](C)N1C(=O)C(c2cc(F)cc(F)c2)=NC1C1CCC(C(C)(C)CC)CC1. The van der Waals surface area contributed by atoms with Crippen LogP contribution in [-0.4, -0.2) is 39.8 Å². The van der Waals surface area contributed by atoms with E-state index in [9.17, 15) is 23.5 Å². The van der Waals surface area contributed by atoms with Gasteiger partial charge in [0.15, 0.2) is 0 Å². The molecule has 1 aromatic carbocycles. The van der Waals surface area contributed by atoms with E-state index in [0.29, 0.717) is 11.5 Å². The monoisotopic (exact) mass is 512 g/mol. The van der Waals surface area contributed by atoms with Crippen molar-refractivity contribution < 1.29 is 23.5 Å². The fourth-order valence-corrected chi connectivity index (χ4v) is 5.44. The third-order valence-electron chi connectivity index (χ3n) is 8.33. The van der Waals surface area contributed by atoms with Crippen LogP contribution in [-0.2, 0) is 9.59 Å². The maximum absolute atomic E-state index is 14.0. The Balaban J connectivity index is 1.99. The number of carbonyl (C=O) groups is 2. The Bertz CT molecular complexity index is 1120. The molecule has 37 heavy (non-hydrogen) atoms. The van der Waals surface area contributed by atoms with Gasteiger partial charge in [0.2, 0.25) is 0 Å². The maximum Gasteiger partial charge on any atom is 0.331 e. The van der Waals surface area contributed by atoms with Gasteiger partial charge in [-0.25, -0.2) is 13.6 Å². The molecular formula is C30H38F2N2O3. The molecule has 1 aromatic rings. The van der Waals surface area contributed by atoms with Gasteiger partial charge in [-0.05, 0) is 74.5 Å². The zero-order chi connectivity index (χ0) is 27.5. The lowest BCUT2D eigenvalue weighted by atomic mass is 9.67. The Kier molecular flexibility index (Phi) is 8.88. The highest BCUT2D eigenvalue weighted by Crippen LogP contribution is 2.44. The minimum Gasteiger partial charge on any atom is -0.478 e. The number of halogens is 2. The van der Waals surface area contributed by atoms with Crippen LogP contribution >= 0.6 is 0 Å². The number of rotatable bonds is 9. The molecule has 0 bridgehead atoms. The maximum atomic E-state index is 14.0. The lowest BCUT2D eigenvalue weighted by Gasteiger charge is -2.42. The average molecular weight is 513 g/mol. The van der Waals surface area contributed by atoms with Gasteiger partial charge in [-0.2, -0.15) is 0 Å². The minimum atomic E-state index is -1.03. The van der Waals surface area contributed by atoms with Gasteiger partial charge in [0, 0.05) is 17.2 Å². The van der Waals surface area contributed by atoms with E-state index in [2.05, 4.69) is 27.4 Å². The number of allylic oxidation sites excluding steroid dienone is 2. The quantitative estimate of drug-likeness (QED) is 0.296. The average Bonchev–Trinajstić information content (AvgIpc) is 3.20. The van der Waals surface area contributed by atoms with E-state index < -0.39 is 35.7 Å². The third kappa shape index (κ3) is 6.25. The van der Waals surface area contributed by atoms with Crippen LogP contribution < -0.4 is 0 Å². The largest absolute Gasteiger partial charge is 0.478 e. The summed E-state index contributed by atoms with van der Waals surface area (Å²) in [6, 6.07) is 2.56. The van der Waals surface area contributed by atoms with Crippen molar-refractivity contribution in [2.75, 3.05) is 0 Å². The molecule has 7 heteroatoms. The molecular weight excluding hydrogens is 474 g/mol. The van der Waals surface area contributed by atoms with Gasteiger partial charge < -0.3 is 10.0 Å². The zero-order valence-corrected chi connectivity index (χ0v) is 22.4. The van der Waals surface area contributed by atoms with Crippen LogP contribution in [0.2, 0.25) is 0 Å². The molecule has 1 N–H and O–H groups in total. The van der Waals surface area contributed by atoms with Crippen molar-refractivity contribution in [2.45, 2.75) is 78.9 Å². The van der Waals surface area contributed by atoms with Crippen LogP contribution in [0.25, 0.3) is 0 Å². The number of carboxylic acids is 1. The molecule has 3 rings (SSSR count). The van der Waals surface area contributed by atoms with Crippen molar-refractivity contribution in [3.63, 3.8) is 0 Å². The lowest BCUT2D eigenvalue weighted by Crippen LogP contribution is -2.47. The Morgan fingerprint density at radius 2 is 1.78 bits per heavy atom. The van der Waals surface area contributed by atoms with E-state index in [1.807, 2.05) is 6.92 Å². The molecule has 1 unspecified atom stereocenters. The van der Waals surface area contributed by atoms with Gasteiger partial charge in [-0.15, -0.1) is 0 Å². The second kappa shape index (κ2) is 11.5. The molecule has 1 heterocycles. The molecule has 1 fully saturated rings. The Hall–Kier alpha value is -3.09. The smallest absolute Gasteiger partial charge is 0.331 e. The second-order valence-corrected chi connectivity index (χ2v) is 10.9. The molecule has 5 nitrogen and oxygen atoms in total. The normalized spacial score (nSPS) is 24.2. The number of aliphatic carboxylic acids is 1. The number of benzene rings is 1. The highest BCUT2D eigenvalue weighted by atomic mass is 19.1. The van der Waals surface area contributed by atoms with Crippen molar-refractivity contribution in [1.29, 1.82) is 0 Å². The first-order chi connectivity index (χ1) is 17.4. The summed E-state index contributed by atoms with van der Waals surface area (Å²) in [4.78, 5) is 31.4. The highest BCUT2D eigenvalue weighted by molar-refractivity contribution is 6.46. The van der Waals surface area contributed by atoms with E-state index in [-0.39, 0.29) is 28.2 Å². The van der Waals surface area contributed by atoms with Gasteiger partial charge >= 0.3 is 5.97 Å². The summed E-state index contributed by atoms with van der Waals surface area (Å²) in [5.74, 6) is -2.27. The van der Waals surface area contributed by atoms with E-state index in [1.54, 1.807) is 17.1 Å².